The lowest BCUT2D eigenvalue weighted by Crippen LogP contribution is -2.14. The molecule has 0 aliphatic heterocycles. The lowest BCUT2D eigenvalue weighted by molar-refractivity contribution is -0.138. The highest BCUT2D eigenvalue weighted by Gasteiger charge is 2.10. The van der Waals surface area contributed by atoms with E-state index in [1.54, 1.807) is 18.2 Å². The van der Waals surface area contributed by atoms with Gasteiger partial charge in [0, 0.05) is 12.1 Å². The smallest absolute Gasteiger partial charge is 0.338 e. The summed E-state index contributed by atoms with van der Waals surface area (Å²) in [6, 6.07) is 6.34. The van der Waals surface area contributed by atoms with Crippen molar-refractivity contribution in [1.29, 1.82) is 0 Å². The Balaban J connectivity index is 2.61. The van der Waals surface area contributed by atoms with Gasteiger partial charge >= 0.3 is 11.9 Å². The van der Waals surface area contributed by atoms with Crippen LogP contribution in [0.2, 0.25) is 0 Å². The van der Waals surface area contributed by atoms with Gasteiger partial charge in [-0.05, 0) is 24.1 Å². The van der Waals surface area contributed by atoms with Gasteiger partial charge in [-0.15, -0.1) is 0 Å². The van der Waals surface area contributed by atoms with E-state index >= 15 is 0 Å². The van der Waals surface area contributed by atoms with Gasteiger partial charge in [0.2, 0.25) is 5.91 Å². The summed E-state index contributed by atoms with van der Waals surface area (Å²) in [5.41, 5.74) is 0.774. The number of carboxylic acids is 1. The Labute approximate surface area is 123 Å². The summed E-state index contributed by atoms with van der Waals surface area (Å²) < 4.78 is 5.10. The summed E-state index contributed by atoms with van der Waals surface area (Å²) in [5.74, 6) is -1.65. The van der Waals surface area contributed by atoms with E-state index in [4.69, 9.17) is 9.84 Å². The van der Waals surface area contributed by atoms with E-state index in [2.05, 4.69) is 5.32 Å². The Morgan fingerprint density at radius 2 is 1.95 bits per heavy atom. The van der Waals surface area contributed by atoms with Gasteiger partial charge < -0.3 is 15.2 Å². The van der Waals surface area contributed by atoms with Crippen LogP contribution in [-0.2, 0) is 14.3 Å². The summed E-state index contributed by atoms with van der Waals surface area (Å²) in [5, 5.41) is 11.1. The molecule has 0 unspecified atom stereocenters. The zero-order valence-corrected chi connectivity index (χ0v) is 12.1. The molecule has 0 radical (unpaired) electrons. The van der Waals surface area contributed by atoms with Crippen molar-refractivity contribution in [3.05, 3.63) is 29.8 Å². The summed E-state index contributed by atoms with van der Waals surface area (Å²) in [7, 11) is 0. The number of rotatable bonds is 7. The molecule has 0 aliphatic carbocycles. The highest BCUT2D eigenvalue weighted by Crippen LogP contribution is 2.13. The van der Waals surface area contributed by atoms with Crippen molar-refractivity contribution < 1.29 is 24.2 Å². The lowest BCUT2D eigenvalue weighted by atomic mass is 10.2. The molecule has 1 rings (SSSR count). The molecule has 0 heterocycles. The molecular weight excluding hydrogens is 274 g/mol. The normalized spacial score (nSPS) is 10.2. The highest BCUT2D eigenvalue weighted by atomic mass is 16.5. The van der Waals surface area contributed by atoms with Gasteiger partial charge in [-0.2, -0.15) is 0 Å². The van der Waals surface area contributed by atoms with Crippen molar-refractivity contribution >= 4 is 23.5 Å². The Morgan fingerprint density at radius 1 is 1.24 bits per heavy atom. The minimum atomic E-state index is -1.03. The number of aliphatic carboxylic acids is 1. The molecule has 0 saturated heterocycles. The number of benzene rings is 1. The van der Waals surface area contributed by atoms with Gasteiger partial charge in [-0.25, -0.2) is 4.79 Å². The first-order valence-electron chi connectivity index (χ1n) is 6.67. The van der Waals surface area contributed by atoms with Crippen molar-refractivity contribution in [2.75, 3.05) is 11.9 Å². The topological polar surface area (TPSA) is 92.7 Å². The standard InChI is InChI=1S/C15H19NO5/c1-10(2)9-21-15(20)11-4-3-5-12(8-11)16-13(17)6-7-14(18)19/h3-5,8,10H,6-7,9H2,1-2H3,(H,16,17)(H,18,19). The number of esters is 1. The van der Waals surface area contributed by atoms with Crippen LogP contribution in [-0.4, -0.2) is 29.6 Å². The van der Waals surface area contributed by atoms with Crippen LogP contribution in [0.25, 0.3) is 0 Å². The summed E-state index contributed by atoms with van der Waals surface area (Å²) in [4.78, 5) is 33.7. The second kappa shape index (κ2) is 8.04. The van der Waals surface area contributed by atoms with E-state index < -0.39 is 17.8 Å². The number of nitrogens with one attached hydrogen (secondary N) is 1. The second-order valence-electron chi connectivity index (χ2n) is 5.02. The quantitative estimate of drug-likeness (QED) is 0.752. The van der Waals surface area contributed by atoms with Crippen molar-refractivity contribution in [2.45, 2.75) is 26.7 Å². The van der Waals surface area contributed by atoms with E-state index in [9.17, 15) is 14.4 Å². The Morgan fingerprint density at radius 3 is 2.57 bits per heavy atom. The number of ether oxygens (including phenoxy) is 1. The Kier molecular flexibility index (Phi) is 6.39. The average Bonchev–Trinajstić information content (AvgIpc) is 2.42. The maximum atomic E-state index is 11.8. The highest BCUT2D eigenvalue weighted by molar-refractivity contribution is 5.95. The maximum Gasteiger partial charge on any atom is 0.338 e. The SMILES string of the molecule is CC(C)COC(=O)c1cccc(NC(=O)CCC(=O)O)c1. The number of hydrogen-bond acceptors (Lipinski definition) is 4. The summed E-state index contributed by atoms with van der Waals surface area (Å²) in [6.45, 7) is 4.20. The zero-order valence-electron chi connectivity index (χ0n) is 12.1. The molecule has 21 heavy (non-hydrogen) atoms. The van der Waals surface area contributed by atoms with Crippen LogP contribution in [0, 0.1) is 5.92 Å². The van der Waals surface area contributed by atoms with E-state index in [1.807, 2.05) is 13.8 Å². The summed E-state index contributed by atoms with van der Waals surface area (Å²) >= 11 is 0. The van der Waals surface area contributed by atoms with Gasteiger partial charge in [-0.1, -0.05) is 19.9 Å². The number of carbonyl (C=O) groups is 3. The Bertz CT molecular complexity index is 525. The number of hydrogen-bond donors (Lipinski definition) is 2. The molecule has 2 N–H and O–H groups in total. The molecule has 0 fully saturated rings. The molecule has 0 saturated carbocycles. The number of anilines is 1. The lowest BCUT2D eigenvalue weighted by Gasteiger charge is -2.09. The number of amides is 1. The number of carboxylic acid groups (broad SMARTS) is 1. The maximum absolute atomic E-state index is 11.8. The fraction of sp³-hybridized carbons (Fsp3) is 0.400. The van der Waals surface area contributed by atoms with Crippen molar-refractivity contribution in [3.63, 3.8) is 0 Å². The molecule has 0 spiro atoms. The van der Waals surface area contributed by atoms with Crippen LogP contribution < -0.4 is 5.32 Å². The van der Waals surface area contributed by atoms with Gasteiger partial charge in [0.25, 0.3) is 0 Å². The van der Waals surface area contributed by atoms with Gasteiger partial charge in [-0.3, -0.25) is 9.59 Å². The molecule has 0 bridgehead atoms. The largest absolute Gasteiger partial charge is 0.481 e. The fourth-order valence-electron chi connectivity index (χ4n) is 1.49. The van der Waals surface area contributed by atoms with E-state index in [-0.39, 0.29) is 18.8 Å². The molecule has 6 nitrogen and oxygen atoms in total. The van der Waals surface area contributed by atoms with E-state index in [0.717, 1.165) is 0 Å². The third-order valence-electron chi connectivity index (χ3n) is 2.50. The molecular formula is C15H19NO5. The van der Waals surface area contributed by atoms with Crippen LogP contribution in [0.1, 0.15) is 37.0 Å². The molecule has 1 aromatic rings. The summed E-state index contributed by atoms with van der Waals surface area (Å²) in [6.07, 6.45) is -0.348. The molecule has 1 amide bonds. The van der Waals surface area contributed by atoms with Crippen molar-refractivity contribution in [3.8, 4) is 0 Å². The molecule has 114 valence electrons. The molecule has 0 atom stereocenters. The van der Waals surface area contributed by atoms with Crippen LogP contribution in [0.5, 0.6) is 0 Å². The van der Waals surface area contributed by atoms with Crippen LogP contribution in [0.3, 0.4) is 0 Å². The first-order chi connectivity index (χ1) is 9.88. The fourth-order valence-corrected chi connectivity index (χ4v) is 1.49. The third-order valence-corrected chi connectivity index (χ3v) is 2.50. The van der Waals surface area contributed by atoms with Crippen molar-refractivity contribution in [2.24, 2.45) is 5.92 Å². The van der Waals surface area contributed by atoms with E-state index in [0.29, 0.717) is 17.9 Å². The molecule has 6 heteroatoms. The minimum Gasteiger partial charge on any atom is -0.481 e. The molecule has 0 aliphatic rings. The predicted octanol–water partition coefficient (Wildman–Crippen LogP) is 2.30. The van der Waals surface area contributed by atoms with Crippen LogP contribution in [0.4, 0.5) is 5.69 Å². The monoisotopic (exact) mass is 293 g/mol. The first kappa shape index (κ1) is 16.7. The molecule has 1 aromatic carbocycles. The average molecular weight is 293 g/mol. The van der Waals surface area contributed by atoms with Crippen molar-refractivity contribution in [1.82, 2.24) is 0 Å². The Hall–Kier alpha value is -2.37. The zero-order chi connectivity index (χ0) is 15.8. The van der Waals surface area contributed by atoms with Crippen LogP contribution >= 0.6 is 0 Å². The molecule has 0 aromatic heterocycles. The number of carbonyl (C=O) groups excluding carboxylic acids is 2. The minimum absolute atomic E-state index is 0.114. The van der Waals surface area contributed by atoms with Gasteiger partial charge in [0.1, 0.15) is 0 Å². The second-order valence-corrected chi connectivity index (χ2v) is 5.02. The van der Waals surface area contributed by atoms with Gasteiger partial charge in [0.05, 0.1) is 18.6 Å². The first-order valence-corrected chi connectivity index (χ1v) is 6.67. The van der Waals surface area contributed by atoms with E-state index in [1.165, 1.54) is 6.07 Å². The van der Waals surface area contributed by atoms with Gasteiger partial charge in [0.15, 0.2) is 0 Å². The third kappa shape index (κ3) is 6.56. The predicted molar refractivity (Wildman–Crippen MR) is 77.1 cm³/mol. The van der Waals surface area contributed by atoms with Crippen LogP contribution in [0.15, 0.2) is 24.3 Å².